The van der Waals surface area contributed by atoms with Crippen LogP contribution in [0.2, 0.25) is 0 Å². The number of nitrogens with one attached hydrogen (secondary N) is 6. The van der Waals surface area contributed by atoms with E-state index in [-0.39, 0.29) is 42.5 Å². The van der Waals surface area contributed by atoms with Gasteiger partial charge in [-0.3, -0.25) is 9.59 Å². The van der Waals surface area contributed by atoms with Gasteiger partial charge in [-0.2, -0.15) is 13.2 Å². The summed E-state index contributed by atoms with van der Waals surface area (Å²) in [6, 6.07) is 12.4. The number of carbonyl (C=O) groups is 2. The van der Waals surface area contributed by atoms with Crippen molar-refractivity contribution in [3.05, 3.63) is 70.8 Å². The number of alkyl halides is 3. The smallest absolute Gasteiger partial charge is 0.378 e. The molecule has 0 aliphatic carbocycles. The zero-order chi connectivity index (χ0) is 24.4. The molecule has 9 nitrogen and oxygen atoms in total. The molecule has 6 N–H and O–H groups in total. The van der Waals surface area contributed by atoms with Crippen LogP contribution >= 0.6 is 0 Å². The molecule has 0 saturated carbocycles. The molecule has 0 atom stereocenters. The minimum Gasteiger partial charge on any atom is -0.378 e. The predicted molar refractivity (Wildman–Crippen MR) is 116 cm³/mol. The molecular formula is C22H25F3N6O3. The molecule has 0 unspecified atom stereocenters. The Morgan fingerprint density at radius 1 is 0.794 bits per heavy atom. The minimum absolute atomic E-state index is 0.0240. The van der Waals surface area contributed by atoms with Crippen molar-refractivity contribution in [2.45, 2.75) is 24.4 Å². The summed E-state index contributed by atoms with van der Waals surface area (Å²) in [7, 11) is 0. The number of carbonyl (C=O) groups excluding carboxylic acids is 2. The van der Waals surface area contributed by atoms with Crippen molar-refractivity contribution in [3.63, 3.8) is 0 Å². The Kier molecular flexibility index (Phi) is 6.60. The maximum atomic E-state index is 13.1. The number of hydrogen-bond acceptors (Lipinski definition) is 7. The fourth-order valence-electron chi connectivity index (χ4n) is 3.36. The molecule has 2 saturated heterocycles. The Bertz CT molecular complexity index is 1040. The van der Waals surface area contributed by atoms with E-state index in [4.69, 9.17) is 4.74 Å². The molecule has 2 aliphatic rings. The monoisotopic (exact) mass is 478 g/mol. The van der Waals surface area contributed by atoms with E-state index in [9.17, 15) is 22.8 Å². The Hall–Kier alpha value is -3.03. The van der Waals surface area contributed by atoms with Gasteiger partial charge in [0.25, 0.3) is 11.8 Å². The van der Waals surface area contributed by atoms with Crippen LogP contribution in [0.15, 0.2) is 48.5 Å². The van der Waals surface area contributed by atoms with Crippen molar-refractivity contribution in [1.29, 1.82) is 0 Å². The fourth-order valence-corrected chi connectivity index (χ4v) is 3.36. The summed E-state index contributed by atoms with van der Waals surface area (Å²) in [5.74, 6) is -0.632. The molecule has 2 heterocycles. The van der Waals surface area contributed by atoms with E-state index in [1.54, 1.807) is 12.1 Å². The van der Waals surface area contributed by atoms with Gasteiger partial charge in [-0.1, -0.05) is 24.3 Å². The highest BCUT2D eigenvalue weighted by Gasteiger charge is 2.65. The lowest BCUT2D eigenvalue weighted by atomic mass is 10.0. The Morgan fingerprint density at radius 3 is 1.62 bits per heavy atom. The first-order valence-electron chi connectivity index (χ1n) is 10.7. The first-order valence-corrected chi connectivity index (χ1v) is 10.7. The maximum absolute atomic E-state index is 13.1. The highest BCUT2D eigenvalue weighted by molar-refractivity contribution is 5.94. The summed E-state index contributed by atoms with van der Waals surface area (Å²) in [6.07, 6.45) is -4.50. The van der Waals surface area contributed by atoms with Gasteiger partial charge < -0.3 is 15.4 Å². The molecule has 182 valence electrons. The summed E-state index contributed by atoms with van der Waals surface area (Å²) in [5.41, 5.74) is 9.60. The minimum atomic E-state index is -4.50. The van der Waals surface area contributed by atoms with Crippen molar-refractivity contribution in [2.24, 2.45) is 0 Å². The van der Waals surface area contributed by atoms with Crippen LogP contribution in [-0.2, 0) is 16.1 Å². The van der Waals surface area contributed by atoms with Crippen molar-refractivity contribution < 1.29 is 27.5 Å². The van der Waals surface area contributed by atoms with Gasteiger partial charge in [0.2, 0.25) is 5.66 Å². The van der Waals surface area contributed by atoms with Gasteiger partial charge in [0.1, 0.15) is 5.66 Å². The van der Waals surface area contributed by atoms with Gasteiger partial charge in [0.05, 0.1) is 13.2 Å². The van der Waals surface area contributed by atoms with Crippen LogP contribution in [0.25, 0.3) is 0 Å². The summed E-state index contributed by atoms with van der Waals surface area (Å²) in [4.78, 5) is 24.3. The first-order chi connectivity index (χ1) is 16.1. The van der Waals surface area contributed by atoms with E-state index in [1.807, 2.05) is 19.1 Å². The van der Waals surface area contributed by atoms with Crippen LogP contribution in [0.3, 0.4) is 0 Å². The van der Waals surface area contributed by atoms with E-state index in [2.05, 4.69) is 32.3 Å². The van der Waals surface area contributed by atoms with Gasteiger partial charge in [-0.15, -0.1) is 0 Å². The van der Waals surface area contributed by atoms with Crippen LogP contribution < -0.4 is 32.3 Å². The standard InChI is InChI=1S/C22H25F3N6O3/c1-20(28-29-20)16-6-2-14(3-7-16)18(32)26-10-12-34-13-11-27-19(33)15-4-8-17(9-5-15)21(30-31-21)22(23,24)25/h2-9,28-31H,10-13H2,1H3,(H,26,32)(H,27,33). The predicted octanol–water partition coefficient (Wildman–Crippen LogP) is 0.966. The topological polar surface area (TPSA) is 155 Å². The molecule has 0 spiro atoms. The van der Waals surface area contributed by atoms with Crippen LogP contribution in [0.1, 0.15) is 38.8 Å². The molecule has 0 bridgehead atoms. The molecular weight excluding hydrogens is 453 g/mol. The Morgan fingerprint density at radius 2 is 1.24 bits per heavy atom. The average Bonchev–Trinajstić information content (AvgIpc) is 3.74. The zero-order valence-electron chi connectivity index (χ0n) is 18.3. The quantitative estimate of drug-likeness (QED) is 0.220. The van der Waals surface area contributed by atoms with Crippen molar-refractivity contribution in [3.8, 4) is 0 Å². The van der Waals surface area contributed by atoms with E-state index >= 15 is 0 Å². The molecule has 0 radical (unpaired) electrons. The van der Waals surface area contributed by atoms with E-state index in [0.29, 0.717) is 12.1 Å². The summed E-state index contributed by atoms with van der Waals surface area (Å²) in [5, 5.41) is 5.39. The number of halogens is 3. The fraction of sp³-hybridized carbons (Fsp3) is 0.364. The summed E-state index contributed by atoms with van der Waals surface area (Å²) < 4.78 is 44.6. The highest BCUT2D eigenvalue weighted by Crippen LogP contribution is 2.41. The Balaban J connectivity index is 1.11. The molecule has 2 amide bonds. The first kappa shape index (κ1) is 24.1. The van der Waals surface area contributed by atoms with Gasteiger partial charge in [0, 0.05) is 24.2 Å². The molecule has 2 aliphatic heterocycles. The second kappa shape index (κ2) is 9.31. The lowest BCUT2D eigenvalue weighted by Crippen LogP contribution is -2.35. The van der Waals surface area contributed by atoms with Gasteiger partial charge in [-0.25, -0.2) is 21.7 Å². The number of hydrazine groups is 2. The summed E-state index contributed by atoms with van der Waals surface area (Å²) in [6.45, 7) is 3.00. The van der Waals surface area contributed by atoms with E-state index in [0.717, 1.165) is 5.56 Å². The highest BCUT2D eigenvalue weighted by atomic mass is 19.4. The summed E-state index contributed by atoms with van der Waals surface area (Å²) >= 11 is 0. The van der Waals surface area contributed by atoms with Crippen LogP contribution in [-0.4, -0.2) is 44.3 Å². The second-order valence-corrected chi connectivity index (χ2v) is 8.15. The number of amides is 2. The van der Waals surface area contributed by atoms with Crippen molar-refractivity contribution >= 4 is 11.8 Å². The number of hydrogen-bond donors (Lipinski definition) is 6. The number of benzene rings is 2. The van der Waals surface area contributed by atoms with E-state index < -0.39 is 17.7 Å². The largest absolute Gasteiger partial charge is 0.426 e. The number of rotatable bonds is 10. The molecule has 4 rings (SSSR count). The van der Waals surface area contributed by atoms with Crippen LogP contribution in [0, 0.1) is 0 Å². The molecule has 34 heavy (non-hydrogen) atoms. The Labute approximate surface area is 193 Å². The third-order valence-electron chi connectivity index (χ3n) is 5.67. The van der Waals surface area contributed by atoms with Gasteiger partial charge >= 0.3 is 6.18 Å². The third-order valence-corrected chi connectivity index (χ3v) is 5.67. The maximum Gasteiger partial charge on any atom is 0.426 e. The van der Waals surface area contributed by atoms with Gasteiger partial charge in [0.15, 0.2) is 0 Å². The van der Waals surface area contributed by atoms with Crippen molar-refractivity contribution in [1.82, 2.24) is 32.3 Å². The molecule has 2 fully saturated rings. The second-order valence-electron chi connectivity index (χ2n) is 8.15. The molecule has 12 heteroatoms. The molecule has 2 aromatic carbocycles. The lowest BCUT2D eigenvalue weighted by molar-refractivity contribution is -0.165. The van der Waals surface area contributed by atoms with Gasteiger partial charge in [-0.05, 0) is 42.3 Å². The SMILES string of the molecule is CC1(c2ccc(C(=O)NCCOCCNC(=O)c3ccc(C4(C(F)(F)F)NN4)cc3)cc2)NN1. The normalized spacial score (nSPS) is 17.6. The molecule has 0 aromatic heterocycles. The third kappa shape index (κ3) is 5.21. The van der Waals surface area contributed by atoms with Crippen LogP contribution in [0.4, 0.5) is 13.2 Å². The zero-order valence-corrected chi connectivity index (χ0v) is 18.3. The average molecular weight is 478 g/mol. The van der Waals surface area contributed by atoms with Crippen molar-refractivity contribution in [2.75, 3.05) is 26.3 Å². The molecule has 2 aromatic rings. The van der Waals surface area contributed by atoms with E-state index in [1.165, 1.54) is 24.3 Å². The van der Waals surface area contributed by atoms with Crippen LogP contribution in [0.5, 0.6) is 0 Å². The lowest BCUT2D eigenvalue weighted by Gasteiger charge is -2.16. The number of ether oxygens (including phenoxy) is 1.